The van der Waals surface area contributed by atoms with E-state index in [1.54, 1.807) is 31.3 Å². The Labute approximate surface area is 140 Å². The molecule has 0 aliphatic heterocycles. The highest BCUT2D eigenvalue weighted by Crippen LogP contribution is 2.30. The molecule has 4 N–H and O–H groups in total. The number of aromatic hydroxyl groups is 2. The van der Waals surface area contributed by atoms with Crippen molar-refractivity contribution in [3.63, 3.8) is 0 Å². The molecule has 1 amide bonds. The number of benzene rings is 1. The Morgan fingerprint density at radius 3 is 2.71 bits per heavy atom. The molecule has 7 heteroatoms. The average molecular weight is 328 g/mol. The molecule has 0 saturated heterocycles. The number of hydrogen-bond acceptors (Lipinski definition) is 6. The van der Waals surface area contributed by atoms with Gasteiger partial charge < -0.3 is 15.5 Å². The number of anilines is 1. The molecule has 1 aromatic carbocycles. The number of amides is 1. The summed E-state index contributed by atoms with van der Waals surface area (Å²) in [7, 11) is 0. The van der Waals surface area contributed by atoms with Crippen LogP contribution in [0, 0.1) is 6.92 Å². The molecule has 1 heterocycles. The first-order valence-electron chi connectivity index (χ1n) is 7.55. The molecule has 2 rings (SSSR count). The van der Waals surface area contributed by atoms with Gasteiger partial charge in [0.05, 0.1) is 12.3 Å². The molecule has 24 heavy (non-hydrogen) atoms. The molecule has 0 atom stereocenters. The fourth-order valence-electron chi connectivity index (χ4n) is 2.06. The number of hydrazone groups is 1. The third-order valence-corrected chi connectivity index (χ3v) is 3.46. The summed E-state index contributed by atoms with van der Waals surface area (Å²) in [6.07, 6.45) is 2.13. The average Bonchev–Trinajstić information content (AvgIpc) is 2.61. The molecule has 0 spiro atoms. The normalized spacial score (nSPS) is 11.2. The van der Waals surface area contributed by atoms with Gasteiger partial charge in [0, 0.05) is 17.3 Å². The second-order valence-electron chi connectivity index (χ2n) is 5.12. The van der Waals surface area contributed by atoms with Gasteiger partial charge in [-0.25, -0.2) is 10.4 Å². The van der Waals surface area contributed by atoms with Crippen LogP contribution in [0.2, 0.25) is 0 Å². The summed E-state index contributed by atoms with van der Waals surface area (Å²) >= 11 is 0. The Bertz CT molecular complexity index is 745. The Balaban J connectivity index is 2.03. The van der Waals surface area contributed by atoms with Crippen LogP contribution in [-0.4, -0.2) is 33.4 Å². The predicted octanol–water partition coefficient (Wildman–Crippen LogP) is 2.14. The third kappa shape index (κ3) is 4.22. The summed E-state index contributed by atoms with van der Waals surface area (Å²) in [5.74, 6) is 0.229. The molecule has 0 bridgehead atoms. The van der Waals surface area contributed by atoms with Crippen LogP contribution >= 0.6 is 0 Å². The van der Waals surface area contributed by atoms with E-state index >= 15 is 0 Å². The minimum atomic E-state index is -0.332. The molecule has 0 unspecified atom stereocenters. The molecule has 126 valence electrons. The molecule has 0 aliphatic carbocycles. The zero-order chi connectivity index (χ0) is 17.5. The van der Waals surface area contributed by atoms with Crippen LogP contribution in [0.15, 0.2) is 41.6 Å². The zero-order valence-corrected chi connectivity index (χ0v) is 13.6. The Morgan fingerprint density at radius 1 is 1.25 bits per heavy atom. The van der Waals surface area contributed by atoms with Gasteiger partial charge in [-0.3, -0.25) is 4.79 Å². The van der Waals surface area contributed by atoms with Crippen molar-refractivity contribution in [3.05, 3.63) is 47.7 Å². The Morgan fingerprint density at radius 2 is 2.04 bits per heavy atom. The molecule has 0 radical (unpaired) electrons. The van der Waals surface area contributed by atoms with Gasteiger partial charge in [0.1, 0.15) is 17.3 Å². The second kappa shape index (κ2) is 7.96. The number of nitrogens with one attached hydrogen (secondary N) is 2. The highest BCUT2D eigenvalue weighted by molar-refractivity contribution is 6.03. The van der Waals surface area contributed by atoms with Gasteiger partial charge in [0.25, 0.3) is 5.91 Å². The summed E-state index contributed by atoms with van der Waals surface area (Å²) in [4.78, 5) is 15.9. The molecule has 2 aromatic rings. The molecule has 0 saturated carbocycles. The van der Waals surface area contributed by atoms with Crippen LogP contribution < -0.4 is 10.7 Å². The Kier molecular flexibility index (Phi) is 5.73. The van der Waals surface area contributed by atoms with Gasteiger partial charge in [0.2, 0.25) is 0 Å². The number of rotatable bonds is 6. The SMILES string of the molecule is CCC(=NNC(=O)CNc1ccccn1)c1ccc(O)c(C)c1O. The van der Waals surface area contributed by atoms with Gasteiger partial charge in [-0.1, -0.05) is 13.0 Å². The highest BCUT2D eigenvalue weighted by Gasteiger charge is 2.13. The first kappa shape index (κ1) is 17.3. The number of hydrogen-bond donors (Lipinski definition) is 4. The van der Waals surface area contributed by atoms with Crippen molar-refractivity contribution in [2.45, 2.75) is 20.3 Å². The number of phenols is 2. The minimum Gasteiger partial charge on any atom is -0.508 e. The fraction of sp³-hybridized carbons (Fsp3) is 0.235. The third-order valence-electron chi connectivity index (χ3n) is 3.46. The molecule has 1 aromatic heterocycles. The van der Waals surface area contributed by atoms with E-state index in [-0.39, 0.29) is 24.0 Å². The van der Waals surface area contributed by atoms with E-state index in [0.29, 0.717) is 29.1 Å². The van der Waals surface area contributed by atoms with E-state index in [2.05, 4.69) is 20.8 Å². The minimum absolute atomic E-state index is 0.00954. The van der Waals surface area contributed by atoms with Crippen molar-refractivity contribution in [1.82, 2.24) is 10.4 Å². The van der Waals surface area contributed by atoms with Crippen LogP contribution in [0.5, 0.6) is 11.5 Å². The Hall–Kier alpha value is -3.09. The van der Waals surface area contributed by atoms with Crippen LogP contribution in [-0.2, 0) is 4.79 Å². The lowest BCUT2D eigenvalue weighted by Crippen LogP contribution is -2.27. The maximum Gasteiger partial charge on any atom is 0.259 e. The van der Waals surface area contributed by atoms with Gasteiger partial charge in [-0.05, 0) is 37.6 Å². The van der Waals surface area contributed by atoms with Crippen molar-refractivity contribution in [1.29, 1.82) is 0 Å². The van der Waals surface area contributed by atoms with Crippen LogP contribution in [0.1, 0.15) is 24.5 Å². The van der Waals surface area contributed by atoms with E-state index in [1.165, 1.54) is 6.07 Å². The van der Waals surface area contributed by atoms with Crippen LogP contribution in [0.25, 0.3) is 0 Å². The first-order valence-corrected chi connectivity index (χ1v) is 7.55. The lowest BCUT2D eigenvalue weighted by molar-refractivity contribution is -0.119. The number of pyridine rings is 1. The van der Waals surface area contributed by atoms with Crippen molar-refractivity contribution < 1.29 is 15.0 Å². The van der Waals surface area contributed by atoms with Gasteiger partial charge in [0.15, 0.2) is 0 Å². The lowest BCUT2D eigenvalue weighted by atomic mass is 10.0. The lowest BCUT2D eigenvalue weighted by Gasteiger charge is -2.10. The molecule has 0 aliphatic rings. The van der Waals surface area contributed by atoms with E-state index in [1.807, 2.05) is 13.0 Å². The number of carbonyl (C=O) groups is 1. The second-order valence-corrected chi connectivity index (χ2v) is 5.12. The number of nitrogens with zero attached hydrogens (tertiary/aromatic N) is 2. The molecule has 0 fully saturated rings. The number of aromatic nitrogens is 1. The summed E-state index contributed by atoms with van der Waals surface area (Å²) in [6, 6.07) is 8.41. The summed E-state index contributed by atoms with van der Waals surface area (Å²) in [5, 5.41) is 26.7. The highest BCUT2D eigenvalue weighted by atomic mass is 16.3. The largest absolute Gasteiger partial charge is 0.508 e. The quantitative estimate of drug-likeness (QED) is 0.480. The van der Waals surface area contributed by atoms with Crippen LogP contribution in [0.3, 0.4) is 0 Å². The summed E-state index contributed by atoms with van der Waals surface area (Å²) in [5.41, 5.74) is 3.81. The molecular weight excluding hydrogens is 308 g/mol. The topological polar surface area (TPSA) is 107 Å². The fourth-order valence-corrected chi connectivity index (χ4v) is 2.06. The summed E-state index contributed by atoms with van der Waals surface area (Å²) in [6.45, 7) is 3.49. The van der Waals surface area contributed by atoms with Gasteiger partial charge >= 0.3 is 0 Å². The zero-order valence-electron chi connectivity index (χ0n) is 13.6. The smallest absolute Gasteiger partial charge is 0.259 e. The van der Waals surface area contributed by atoms with E-state index in [0.717, 1.165) is 0 Å². The maximum atomic E-state index is 11.9. The van der Waals surface area contributed by atoms with E-state index in [9.17, 15) is 15.0 Å². The van der Waals surface area contributed by atoms with E-state index in [4.69, 9.17) is 0 Å². The monoisotopic (exact) mass is 328 g/mol. The van der Waals surface area contributed by atoms with Crippen molar-refractivity contribution in [2.75, 3.05) is 11.9 Å². The van der Waals surface area contributed by atoms with Gasteiger partial charge in [-0.2, -0.15) is 5.10 Å². The van der Waals surface area contributed by atoms with Crippen molar-refractivity contribution in [2.24, 2.45) is 5.10 Å². The van der Waals surface area contributed by atoms with Crippen molar-refractivity contribution >= 4 is 17.4 Å². The first-order chi connectivity index (χ1) is 11.5. The molecular formula is C17H20N4O3. The maximum absolute atomic E-state index is 11.9. The number of phenolic OH excluding ortho intramolecular Hbond substituents is 2. The standard InChI is InChI=1S/C17H20N4O3/c1-3-13(12-7-8-14(22)11(2)17(12)24)20-21-16(23)10-19-15-6-4-5-9-18-15/h4-9,22,24H,3,10H2,1-2H3,(H,18,19)(H,21,23). The van der Waals surface area contributed by atoms with Crippen molar-refractivity contribution in [3.8, 4) is 11.5 Å². The number of carbonyl (C=O) groups excluding carboxylic acids is 1. The van der Waals surface area contributed by atoms with Crippen LogP contribution in [0.4, 0.5) is 5.82 Å². The van der Waals surface area contributed by atoms with E-state index < -0.39 is 0 Å². The predicted molar refractivity (Wildman–Crippen MR) is 92.2 cm³/mol. The summed E-state index contributed by atoms with van der Waals surface area (Å²) < 4.78 is 0. The van der Waals surface area contributed by atoms with Gasteiger partial charge in [-0.15, -0.1) is 0 Å². The molecule has 7 nitrogen and oxygen atoms in total.